The van der Waals surface area contributed by atoms with Crippen molar-refractivity contribution in [2.45, 2.75) is 57.8 Å². The van der Waals surface area contributed by atoms with Crippen LogP contribution in [0.25, 0.3) is 0 Å². The van der Waals surface area contributed by atoms with E-state index in [1.807, 2.05) is 0 Å². The molecule has 4 bridgehead atoms. The van der Waals surface area contributed by atoms with Crippen molar-refractivity contribution in [3.8, 4) is 0 Å². The average Bonchev–Trinajstić information content (AvgIpc) is 2.24. The Hall–Kier alpha value is -0.300. The summed E-state index contributed by atoms with van der Waals surface area (Å²) in [5, 5.41) is 0. The minimum atomic E-state index is 0.490. The van der Waals surface area contributed by atoms with E-state index >= 15 is 0 Å². The predicted molar refractivity (Wildman–Crippen MR) is 83.2 cm³/mol. The van der Waals surface area contributed by atoms with E-state index in [0.29, 0.717) is 16.2 Å². The summed E-state index contributed by atoms with van der Waals surface area (Å²) in [4.78, 5) is 0. The molecule has 4 saturated carbocycles. The molecule has 1 heteroatoms. The second-order valence-electron chi connectivity index (χ2n) is 8.42. The molecule has 1 aromatic rings. The summed E-state index contributed by atoms with van der Waals surface area (Å²) in [5.74, 6) is 0.981. The van der Waals surface area contributed by atoms with Crippen LogP contribution in [0.5, 0.6) is 0 Å². The zero-order chi connectivity index (χ0) is 13.3. The van der Waals surface area contributed by atoms with Crippen LogP contribution in [0.4, 0.5) is 0 Å². The van der Waals surface area contributed by atoms with Crippen molar-refractivity contribution in [3.05, 3.63) is 34.3 Å². The molecule has 0 radical (unpaired) electrons. The highest BCUT2D eigenvalue weighted by atomic mass is 79.9. The lowest BCUT2D eigenvalue weighted by molar-refractivity contribution is -0.110. The van der Waals surface area contributed by atoms with Gasteiger partial charge < -0.3 is 0 Å². The highest BCUT2D eigenvalue weighted by Crippen LogP contribution is 2.69. The van der Waals surface area contributed by atoms with Crippen molar-refractivity contribution in [1.29, 1.82) is 0 Å². The molecule has 0 nitrogen and oxygen atoms in total. The van der Waals surface area contributed by atoms with Crippen LogP contribution in [-0.4, -0.2) is 0 Å². The van der Waals surface area contributed by atoms with E-state index in [-0.39, 0.29) is 0 Å². The Morgan fingerprint density at radius 3 is 2.00 bits per heavy atom. The Bertz CT molecular complexity index is 497. The normalized spacial score (nSPS) is 47.6. The summed E-state index contributed by atoms with van der Waals surface area (Å²) >= 11 is 3.58. The van der Waals surface area contributed by atoms with Gasteiger partial charge >= 0.3 is 0 Å². The summed E-state index contributed by atoms with van der Waals surface area (Å²) in [6, 6.07) is 9.23. The van der Waals surface area contributed by atoms with Gasteiger partial charge in [-0.15, -0.1) is 0 Å². The molecule has 0 aromatic heterocycles. The van der Waals surface area contributed by atoms with E-state index in [0.717, 1.165) is 5.92 Å². The predicted octanol–water partition coefficient (Wildman–Crippen LogP) is 5.70. The first-order valence-corrected chi connectivity index (χ1v) is 8.46. The fourth-order valence-corrected chi connectivity index (χ4v) is 6.84. The van der Waals surface area contributed by atoms with E-state index in [4.69, 9.17) is 0 Å². The Balaban J connectivity index is 1.80. The summed E-state index contributed by atoms with van der Waals surface area (Å²) in [6.45, 7) is 5.12. The van der Waals surface area contributed by atoms with Gasteiger partial charge in [0.05, 0.1) is 0 Å². The van der Waals surface area contributed by atoms with Gasteiger partial charge in [-0.1, -0.05) is 41.9 Å². The molecule has 2 unspecified atom stereocenters. The molecule has 4 aliphatic rings. The van der Waals surface area contributed by atoms with Crippen LogP contribution in [0.2, 0.25) is 0 Å². The van der Waals surface area contributed by atoms with E-state index in [1.54, 1.807) is 5.56 Å². The largest absolute Gasteiger partial charge is 0.0596 e. The highest BCUT2D eigenvalue weighted by molar-refractivity contribution is 9.10. The maximum Gasteiger partial charge on any atom is 0.0175 e. The maximum absolute atomic E-state index is 3.58. The summed E-state index contributed by atoms with van der Waals surface area (Å²) in [5.41, 5.74) is 3.32. The zero-order valence-corrected chi connectivity index (χ0v) is 13.6. The highest BCUT2D eigenvalue weighted by Gasteiger charge is 2.60. The number of hydrogen-bond acceptors (Lipinski definition) is 0. The van der Waals surface area contributed by atoms with Gasteiger partial charge in [-0.25, -0.2) is 0 Å². The van der Waals surface area contributed by atoms with Gasteiger partial charge in [-0.3, -0.25) is 0 Å². The Morgan fingerprint density at radius 2 is 1.47 bits per heavy atom. The molecule has 19 heavy (non-hydrogen) atoms. The van der Waals surface area contributed by atoms with Crippen LogP contribution in [0.15, 0.2) is 28.7 Å². The second kappa shape index (κ2) is 3.67. The molecule has 102 valence electrons. The van der Waals surface area contributed by atoms with E-state index in [9.17, 15) is 0 Å². The lowest BCUT2D eigenvalue weighted by Gasteiger charge is -2.65. The van der Waals surface area contributed by atoms with E-state index < -0.39 is 0 Å². The zero-order valence-electron chi connectivity index (χ0n) is 12.0. The third-order valence-corrected chi connectivity index (χ3v) is 6.61. The first kappa shape index (κ1) is 12.4. The van der Waals surface area contributed by atoms with Crippen molar-refractivity contribution in [3.63, 3.8) is 0 Å². The summed E-state index contributed by atoms with van der Waals surface area (Å²) in [7, 11) is 0. The summed E-state index contributed by atoms with van der Waals surface area (Å²) in [6.07, 6.45) is 8.73. The SMILES string of the molecule is CC12CC3CC(C)(C1)CC(c1ccc(Br)cc1)(C3)C2. The van der Waals surface area contributed by atoms with Gasteiger partial charge in [0.1, 0.15) is 0 Å². The number of rotatable bonds is 1. The van der Waals surface area contributed by atoms with Crippen LogP contribution < -0.4 is 0 Å². The van der Waals surface area contributed by atoms with E-state index in [1.165, 1.54) is 43.0 Å². The number of hydrogen-bond donors (Lipinski definition) is 0. The fraction of sp³-hybridized carbons (Fsp3) is 0.667. The third kappa shape index (κ3) is 1.84. The van der Waals surface area contributed by atoms with Crippen molar-refractivity contribution >= 4 is 15.9 Å². The van der Waals surface area contributed by atoms with Crippen molar-refractivity contribution in [1.82, 2.24) is 0 Å². The van der Waals surface area contributed by atoms with Crippen LogP contribution in [0, 0.1) is 16.7 Å². The monoisotopic (exact) mass is 318 g/mol. The summed E-state index contributed by atoms with van der Waals surface area (Å²) < 4.78 is 1.21. The molecule has 2 atom stereocenters. The van der Waals surface area contributed by atoms with Gasteiger partial charge in [0.25, 0.3) is 0 Å². The first-order valence-electron chi connectivity index (χ1n) is 7.67. The third-order valence-electron chi connectivity index (χ3n) is 6.08. The molecular weight excluding hydrogens is 296 g/mol. The van der Waals surface area contributed by atoms with E-state index in [2.05, 4.69) is 54.0 Å². The molecule has 5 rings (SSSR count). The standard InChI is InChI=1S/C18H23Br/c1-16-7-13-8-17(2,10-16)12-18(9-13,11-16)14-3-5-15(19)6-4-14/h3-6,13H,7-12H2,1-2H3. The Morgan fingerprint density at radius 1 is 0.895 bits per heavy atom. The van der Waals surface area contributed by atoms with Crippen molar-refractivity contribution in [2.24, 2.45) is 16.7 Å². The van der Waals surface area contributed by atoms with Gasteiger partial charge in [0.2, 0.25) is 0 Å². The quantitative estimate of drug-likeness (QED) is 0.623. The van der Waals surface area contributed by atoms with Crippen LogP contribution in [0.1, 0.15) is 57.9 Å². The van der Waals surface area contributed by atoms with Crippen LogP contribution in [0.3, 0.4) is 0 Å². The van der Waals surface area contributed by atoms with Gasteiger partial charge in [-0.05, 0) is 78.4 Å². The fourth-order valence-electron chi connectivity index (χ4n) is 6.57. The van der Waals surface area contributed by atoms with Gasteiger partial charge in [0, 0.05) is 4.47 Å². The van der Waals surface area contributed by atoms with Crippen LogP contribution >= 0.6 is 15.9 Å². The molecule has 1 aromatic carbocycles. The van der Waals surface area contributed by atoms with Crippen molar-refractivity contribution < 1.29 is 0 Å². The maximum atomic E-state index is 3.58. The Kier molecular flexibility index (Phi) is 2.40. The lowest BCUT2D eigenvalue weighted by atomic mass is 9.39. The molecule has 0 amide bonds. The molecule has 4 fully saturated rings. The number of halogens is 1. The smallest absolute Gasteiger partial charge is 0.0175 e. The van der Waals surface area contributed by atoms with Gasteiger partial charge in [-0.2, -0.15) is 0 Å². The Labute approximate surface area is 125 Å². The topological polar surface area (TPSA) is 0 Å². The molecule has 0 saturated heterocycles. The van der Waals surface area contributed by atoms with Crippen molar-refractivity contribution in [2.75, 3.05) is 0 Å². The number of benzene rings is 1. The molecule has 0 heterocycles. The lowest BCUT2D eigenvalue weighted by Crippen LogP contribution is -2.56. The minimum Gasteiger partial charge on any atom is -0.0596 e. The first-order chi connectivity index (χ1) is 8.91. The molecule has 0 aliphatic heterocycles. The molecular formula is C18H23Br. The molecule has 0 N–H and O–H groups in total. The van der Waals surface area contributed by atoms with Gasteiger partial charge in [0.15, 0.2) is 0 Å². The van der Waals surface area contributed by atoms with Crippen LogP contribution in [-0.2, 0) is 5.41 Å². The molecule has 4 aliphatic carbocycles. The molecule has 0 spiro atoms. The average molecular weight is 319 g/mol. The second-order valence-corrected chi connectivity index (χ2v) is 9.33. The minimum absolute atomic E-state index is 0.490.